The van der Waals surface area contributed by atoms with Gasteiger partial charge in [-0.1, -0.05) is 0 Å². The van der Waals surface area contributed by atoms with Crippen molar-refractivity contribution in [1.29, 1.82) is 0 Å². The fourth-order valence-corrected chi connectivity index (χ4v) is 3.76. The number of hydrogen-bond donors (Lipinski definition) is 2. The number of anilines is 2. The first-order valence-electron chi connectivity index (χ1n) is 7.72. The normalized spacial score (nSPS) is 13.6. The molecule has 3 heterocycles. The van der Waals surface area contributed by atoms with Crippen LogP contribution < -0.4 is 10.6 Å². The summed E-state index contributed by atoms with van der Waals surface area (Å²) in [5.41, 5.74) is 1.66. The SMILES string of the molecule is O=C(Cc1csc(NC(=O)c2ccco2)n1)Nc1nc(C2CC2)cs1. The van der Waals surface area contributed by atoms with E-state index in [4.69, 9.17) is 4.42 Å². The molecule has 0 bridgehead atoms. The Kier molecular flexibility index (Phi) is 4.33. The number of amides is 2. The molecular formula is C16H14N4O3S2. The first kappa shape index (κ1) is 16.0. The third-order valence-electron chi connectivity index (χ3n) is 3.62. The quantitative estimate of drug-likeness (QED) is 0.688. The zero-order chi connectivity index (χ0) is 17.2. The zero-order valence-electron chi connectivity index (χ0n) is 13.0. The Balaban J connectivity index is 1.32. The highest BCUT2D eigenvalue weighted by Crippen LogP contribution is 2.40. The lowest BCUT2D eigenvalue weighted by Gasteiger charge is -1.99. The predicted octanol–water partition coefficient (Wildman–Crippen LogP) is 3.50. The topological polar surface area (TPSA) is 97.1 Å². The van der Waals surface area contributed by atoms with Gasteiger partial charge in [0.25, 0.3) is 5.91 Å². The zero-order valence-corrected chi connectivity index (χ0v) is 14.7. The third kappa shape index (κ3) is 3.94. The summed E-state index contributed by atoms with van der Waals surface area (Å²) < 4.78 is 5.02. The highest BCUT2D eigenvalue weighted by molar-refractivity contribution is 7.14. The lowest BCUT2D eigenvalue weighted by atomic mass is 10.3. The van der Waals surface area contributed by atoms with Crippen LogP contribution in [0.4, 0.5) is 10.3 Å². The lowest BCUT2D eigenvalue weighted by molar-refractivity contribution is -0.115. The van der Waals surface area contributed by atoms with E-state index in [2.05, 4.69) is 20.6 Å². The molecule has 1 fully saturated rings. The molecule has 7 nitrogen and oxygen atoms in total. The van der Waals surface area contributed by atoms with Crippen molar-refractivity contribution in [1.82, 2.24) is 9.97 Å². The molecule has 4 rings (SSSR count). The molecule has 3 aromatic heterocycles. The number of carbonyl (C=O) groups excluding carboxylic acids is 2. The monoisotopic (exact) mass is 374 g/mol. The van der Waals surface area contributed by atoms with Crippen LogP contribution in [0, 0.1) is 0 Å². The fourth-order valence-electron chi connectivity index (χ4n) is 2.25. The molecule has 1 aliphatic carbocycles. The van der Waals surface area contributed by atoms with Gasteiger partial charge in [0.05, 0.1) is 24.1 Å². The first-order valence-corrected chi connectivity index (χ1v) is 9.48. The molecule has 1 saturated carbocycles. The van der Waals surface area contributed by atoms with Crippen LogP contribution in [0.15, 0.2) is 33.6 Å². The minimum absolute atomic E-state index is 0.130. The second-order valence-electron chi connectivity index (χ2n) is 5.65. The highest BCUT2D eigenvalue weighted by atomic mass is 32.1. The van der Waals surface area contributed by atoms with Crippen LogP contribution in [0.3, 0.4) is 0 Å². The van der Waals surface area contributed by atoms with E-state index < -0.39 is 0 Å². The lowest BCUT2D eigenvalue weighted by Crippen LogP contribution is -2.15. The Labute approximate surface area is 151 Å². The van der Waals surface area contributed by atoms with Crippen molar-refractivity contribution in [3.05, 3.63) is 46.3 Å². The molecule has 0 spiro atoms. The minimum atomic E-state index is -0.370. The van der Waals surface area contributed by atoms with Gasteiger partial charge in [-0.25, -0.2) is 9.97 Å². The van der Waals surface area contributed by atoms with Gasteiger partial charge in [-0.15, -0.1) is 22.7 Å². The van der Waals surface area contributed by atoms with E-state index in [1.54, 1.807) is 17.5 Å². The first-order chi connectivity index (χ1) is 12.2. The summed E-state index contributed by atoms with van der Waals surface area (Å²) in [7, 11) is 0. The molecular weight excluding hydrogens is 360 g/mol. The van der Waals surface area contributed by atoms with Crippen LogP contribution in [0.5, 0.6) is 0 Å². The van der Waals surface area contributed by atoms with E-state index in [0.717, 1.165) is 5.69 Å². The summed E-state index contributed by atoms with van der Waals surface area (Å²) in [6, 6.07) is 3.21. The van der Waals surface area contributed by atoms with Gasteiger partial charge in [-0.2, -0.15) is 0 Å². The van der Waals surface area contributed by atoms with Gasteiger partial charge in [0.2, 0.25) is 5.91 Å². The predicted molar refractivity (Wildman–Crippen MR) is 95.2 cm³/mol. The Bertz CT molecular complexity index is 896. The number of nitrogens with zero attached hydrogens (tertiary/aromatic N) is 2. The molecule has 0 aliphatic heterocycles. The molecule has 0 atom stereocenters. The van der Waals surface area contributed by atoms with Crippen LogP contribution in [0.1, 0.15) is 40.7 Å². The van der Waals surface area contributed by atoms with Crippen molar-refractivity contribution < 1.29 is 14.0 Å². The molecule has 0 radical (unpaired) electrons. The van der Waals surface area contributed by atoms with Gasteiger partial charge in [0.15, 0.2) is 16.0 Å². The van der Waals surface area contributed by atoms with Gasteiger partial charge in [-0.3, -0.25) is 14.9 Å². The molecule has 2 N–H and O–H groups in total. The van der Waals surface area contributed by atoms with E-state index in [0.29, 0.717) is 21.9 Å². The third-order valence-corrected chi connectivity index (χ3v) is 5.21. The molecule has 0 aromatic carbocycles. The van der Waals surface area contributed by atoms with E-state index >= 15 is 0 Å². The molecule has 3 aromatic rings. The smallest absolute Gasteiger partial charge is 0.293 e. The summed E-state index contributed by atoms with van der Waals surface area (Å²) in [5.74, 6) is 0.238. The van der Waals surface area contributed by atoms with Gasteiger partial charge in [0, 0.05) is 16.7 Å². The molecule has 0 unspecified atom stereocenters. The summed E-state index contributed by atoms with van der Waals surface area (Å²) in [6.07, 6.45) is 3.93. The summed E-state index contributed by atoms with van der Waals surface area (Å²) in [5, 5.41) is 10.2. The van der Waals surface area contributed by atoms with Crippen LogP contribution >= 0.6 is 22.7 Å². The molecule has 128 valence electrons. The number of furan rings is 1. The second kappa shape index (κ2) is 6.77. The van der Waals surface area contributed by atoms with Crippen LogP contribution in [-0.2, 0) is 11.2 Å². The number of thiazole rings is 2. The Morgan fingerprint density at radius 2 is 1.96 bits per heavy atom. The molecule has 1 aliphatic rings. The van der Waals surface area contributed by atoms with E-state index in [1.165, 1.54) is 41.8 Å². The number of nitrogens with one attached hydrogen (secondary N) is 2. The molecule has 9 heteroatoms. The van der Waals surface area contributed by atoms with Crippen LogP contribution in [-0.4, -0.2) is 21.8 Å². The Morgan fingerprint density at radius 1 is 1.16 bits per heavy atom. The van der Waals surface area contributed by atoms with Crippen LogP contribution in [0.25, 0.3) is 0 Å². The van der Waals surface area contributed by atoms with Crippen molar-refractivity contribution in [3.8, 4) is 0 Å². The fraction of sp³-hybridized carbons (Fsp3) is 0.250. The van der Waals surface area contributed by atoms with Gasteiger partial charge < -0.3 is 9.73 Å². The number of aromatic nitrogens is 2. The molecule has 2 amide bonds. The summed E-state index contributed by atoms with van der Waals surface area (Å²) in [4.78, 5) is 32.7. The van der Waals surface area contributed by atoms with E-state index in [1.807, 2.05) is 5.38 Å². The van der Waals surface area contributed by atoms with Crippen LogP contribution in [0.2, 0.25) is 0 Å². The highest BCUT2D eigenvalue weighted by Gasteiger charge is 2.26. The van der Waals surface area contributed by atoms with Crippen molar-refractivity contribution in [2.75, 3.05) is 10.6 Å². The van der Waals surface area contributed by atoms with Crippen molar-refractivity contribution in [2.24, 2.45) is 0 Å². The van der Waals surface area contributed by atoms with E-state index in [-0.39, 0.29) is 24.0 Å². The van der Waals surface area contributed by atoms with Gasteiger partial charge >= 0.3 is 0 Å². The number of hydrogen-bond acceptors (Lipinski definition) is 7. The number of carbonyl (C=O) groups is 2. The van der Waals surface area contributed by atoms with E-state index in [9.17, 15) is 9.59 Å². The van der Waals surface area contributed by atoms with Crippen molar-refractivity contribution in [3.63, 3.8) is 0 Å². The number of rotatable bonds is 6. The van der Waals surface area contributed by atoms with Gasteiger partial charge in [0.1, 0.15) is 0 Å². The van der Waals surface area contributed by atoms with Gasteiger partial charge in [-0.05, 0) is 25.0 Å². The van der Waals surface area contributed by atoms with Crippen molar-refractivity contribution >= 4 is 44.8 Å². The second-order valence-corrected chi connectivity index (χ2v) is 7.37. The molecule has 0 saturated heterocycles. The maximum Gasteiger partial charge on any atom is 0.293 e. The molecule has 25 heavy (non-hydrogen) atoms. The standard InChI is InChI=1S/C16H14N4O3S2/c21-13(19-16-18-11(8-25-16)9-3-4-9)6-10-7-24-15(17-10)20-14(22)12-2-1-5-23-12/h1-2,5,7-9H,3-4,6H2,(H,17,20,22)(H,18,19,21). The largest absolute Gasteiger partial charge is 0.459 e. The Morgan fingerprint density at radius 3 is 2.72 bits per heavy atom. The minimum Gasteiger partial charge on any atom is -0.459 e. The maximum absolute atomic E-state index is 12.1. The summed E-state index contributed by atoms with van der Waals surface area (Å²) in [6.45, 7) is 0. The average Bonchev–Trinajstić information content (AvgIpc) is 3.01. The average molecular weight is 374 g/mol. The maximum atomic E-state index is 12.1. The summed E-state index contributed by atoms with van der Waals surface area (Å²) >= 11 is 2.70. The Hall–Kier alpha value is -2.52. The van der Waals surface area contributed by atoms with Crippen molar-refractivity contribution in [2.45, 2.75) is 25.2 Å².